The summed E-state index contributed by atoms with van der Waals surface area (Å²) < 4.78 is 0. The average molecular weight is 134 g/mol. The van der Waals surface area contributed by atoms with E-state index in [4.69, 9.17) is 0 Å². The van der Waals surface area contributed by atoms with Crippen LogP contribution in [0.2, 0.25) is 0 Å². The molecule has 0 amide bonds. The van der Waals surface area contributed by atoms with Gasteiger partial charge in [-0.05, 0) is 6.26 Å². The van der Waals surface area contributed by atoms with E-state index in [1.54, 1.807) is 11.8 Å². The predicted molar refractivity (Wildman–Crippen MR) is 41.4 cm³/mol. The van der Waals surface area contributed by atoms with Crippen molar-refractivity contribution in [2.75, 3.05) is 17.8 Å². The molecule has 0 rings (SSSR count). The molecular weight excluding hydrogens is 124 g/mol. The van der Waals surface area contributed by atoms with Crippen LogP contribution in [0.1, 0.15) is 0 Å². The first-order valence-corrected chi connectivity index (χ1v) is 4.10. The molecule has 0 nitrogen and oxygen atoms in total. The van der Waals surface area contributed by atoms with Gasteiger partial charge in [0, 0.05) is 11.5 Å². The summed E-state index contributed by atoms with van der Waals surface area (Å²) in [6, 6.07) is 0. The number of thiol groups is 1. The zero-order chi connectivity index (χ0) is 5.70. The fourth-order valence-electron chi connectivity index (χ4n) is 0.250. The molecule has 0 heterocycles. The van der Waals surface area contributed by atoms with Gasteiger partial charge in [-0.25, -0.2) is 0 Å². The normalized spacial score (nSPS) is 8.86. The highest BCUT2D eigenvalue weighted by Crippen LogP contribution is 2.01. The van der Waals surface area contributed by atoms with Crippen LogP contribution in [0.25, 0.3) is 0 Å². The van der Waals surface area contributed by atoms with Gasteiger partial charge in [-0.3, -0.25) is 0 Å². The van der Waals surface area contributed by atoms with Gasteiger partial charge in [0.1, 0.15) is 0 Å². The molecule has 0 unspecified atom stereocenters. The Balaban J connectivity index is 3.00. The van der Waals surface area contributed by atoms with Crippen molar-refractivity contribution in [3.63, 3.8) is 0 Å². The van der Waals surface area contributed by atoms with E-state index in [9.17, 15) is 0 Å². The van der Waals surface area contributed by atoms with Crippen LogP contribution < -0.4 is 0 Å². The maximum Gasteiger partial charge on any atom is 0.0146 e. The molecular formula is C5H10S2. The molecule has 0 spiro atoms. The largest absolute Gasteiger partial charge is 0.175 e. The van der Waals surface area contributed by atoms with E-state index >= 15 is 0 Å². The molecule has 0 radical (unpaired) electrons. The molecule has 0 aromatic heterocycles. The highest BCUT2D eigenvalue weighted by Gasteiger charge is 1.84. The van der Waals surface area contributed by atoms with Crippen molar-refractivity contribution in [2.45, 2.75) is 0 Å². The van der Waals surface area contributed by atoms with E-state index in [0.717, 1.165) is 11.5 Å². The average Bonchev–Trinajstić information content (AvgIpc) is 1.68. The summed E-state index contributed by atoms with van der Waals surface area (Å²) in [7, 11) is 0. The first-order valence-electron chi connectivity index (χ1n) is 2.07. The summed E-state index contributed by atoms with van der Waals surface area (Å²) >= 11 is 5.82. The summed E-state index contributed by atoms with van der Waals surface area (Å²) in [6.07, 6.45) is 2.06. The van der Waals surface area contributed by atoms with Crippen LogP contribution in [0.4, 0.5) is 0 Å². The van der Waals surface area contributed by atoms with E-state index < -0.39 is 0 Å². The Bertz CT molecular complexity index is 59.1. The second-order valence-electron chi connectivity index (χ2n) is 1.34. The van der Waals surface area contributed by atoms with E-state index in [1.165, 1.54) is 5.57 Å². The molecule has 0 bridgehead atoms. The Morgan fingerprint density at radius 3 is 2.57 bits per heavy atom. The molecule has 2 heteroatoms. The van der Waals surface area contributed by atoms with Crippen molar-refractivity contribution in [2.24, 2.45) is 0 Å². The van der Waals surface area contributed by atoms with Crippen LogP contribution >= 0.6 is 24.4 Å². The Morgan fingerprint density at radius 1 is 1.86 bits per heavy atom. The maximum absolute atomic E-state index is 4.04. The zero-order valence-electron chi connectivity index (χ0n) is 4.48. The van der Waals surface area contributed by atoms with Gasteiger partial charge in [-0.15, -0.1) is 0 Å². The number of hydrogen-bond acceptors (Lipinski definition) is 2. The lowest BCUT2D eigenvalue weighted by atomic mass is 10.4. The fraction of sp³-hybridized carbons (Fsp3) is 0.600. The molecule has 0 aromatic rings. The van der Waals surface area contributed by atoms with Gasteiger partial charge in [0.2, 0.25) is 0 Å². The first kappa shape index (κ1) is 7.44. The van der Waals surface area contributed by atoms with Crippen LogP contribution in [0.3, 0.4) is 0 Å². The van der Waals surface area contributed by atoms with Gasteiger partial charge in [0.05, 0.1) is 0 Å². The Morgan fingerprint density at radius 2 is 2.43 bits per heavy atom. The highest BCUT2D eigenvalue weighted by atomic mass is 32.2. The Kier molecular flexibility index (Phi) is 4.88. The SMILES string of the molecule is C=C(CS)CSC. The van der Waals surface area contributed by atoms with E-state index in [2.05, 4.69) is 25.5 Å². The Hall–Kier alpha value is 0.440. The summed E-state index contributed by atoms with van der Waals surface area (Å²) in [4.78, 5) is 0. The highest BCUT2D eigenvalue weighted by molar-refractivity contribution is 7.98. The van der Waals surface area contributed by atoms with Crippen molar-refractivity contribution in [1.29, 1.82) is 0 Å². The predicted octanol–water partition coefficient (Wildman–Crippen LogP) is 1.84. The minimum atomic E-state index is 0.820. The molecule has 0 saturated carbocycles. The van der Waals surface area contributed by atoms with Gasteiger partial charge >= 0.3 is 0 Å². The van der Waals surface area contributed by atoms with Crippen LogP contribution in [-0.4, -0.2) is 17.8 Å². The summed E-state index contributed by atoms with van der Waals surface area (Å²) in [5.74, 6) is 1.87. The maximum atomic E-state index is 4.04. The lowest BCUT2D eigenvalue weighted by Crippen LogP contribution is -1.83. The molecule has 0 atom stereocenters. The monoisotopic (exact) mass is 134 g/mol. The van der Waals surface area contributed by atoms with Gasteiger partial charge in [-0.2, -0.15) is 24.4 Å². The van der Waals surface area contributed by atoms with Crippen molar-refractivity contribution >= 4 is 24.4 Å². The van der Waals surface area contributed by atoms with Crippen LogP contribution in [0, 0.1) is 0 Å². The minimum Gasteiger partial charge on any atom is -0.175 e. The molecule has 7 heavy (non-hydrogen) atoms. The van der Waals surface area contributed by atoms with Gasteiger partial charge in [-0.1, -0.05) is 12.2 Å². The van der Waals surface area contributed by atoms with Gasteiger partial charge < -0.3 is 0 Å². The summed E-state index contributed by atoms with van der Waals surface area (Å²) in [6.45, 7) is 3.77. The van der Waals surface area contributed by atoms with Crippen molar-refractivity contribution < 1.29 is 0 Å². The van der Waals surface area contributed by atoms with E-state index in [0.29, 0.717) is 0 Å². The molecule has 0 aliphatic carbocycles. The lowest BCUT2D eigenvalue weighted by Gasteiger charge is -1.93. The first-order chi connectivity index (χ1) is 3.31. The van der Waals surface area contributed by atoms with Gasteiger partial charge in [0.25, 0.3) is 0 Å². The van der Waals surface area contributed by atoms with Gasteiger partial charge in [0.15, 0.2) is 0 Å². The number of rotatable bonds is 3. The number of hydrogen-bond donors (Lipinski definition) is 1. The third kappa shape index (κ3) is 4.29. The quantitative estimate of drug-likeness (QED) is 0.454. The Labute approximate surface area is 54.8 Å². The molecule has 0 fully saturated rings. The number of thioether (sulfide) groups is 1. The smallest absolute Gasteiger partial charge is 0.0146 e. The third-order valence-electron chi connectivity index (χ3n) is 0.572. The standard InChI is InChI=1S/C5H10S2/c1-5(3-6)4-7-2/h6H,1,3-4H2,2H3. The summed E-state index contributed by atoms with van der Waals surface area (Å²) in [5, 5.41) is 0. The van der Waals surface area contributed by atoms with Crippen molar-refractivity contribution in [1.82, 2.24) is 0 Å². The third-order valence-corrected chi connectivity index (χ3v) is 1.72. The van der Waals surface area contributed by atoms with Crippen LogP contribution in [-0.2, 0) is 0 Å². The van der Waals surface area contributed by atoms with E-state index in [1.807, 2.05) is 0 Å². The van der Waals surface area contributed by atoms with E-state index in [-0.39, 0.29) is 0 Å². The molecule has 0 aliphatic rings. The molecule has 0 saturated heterocycles. The second-order valence-corrected chi connectivity index (χ2v) is 2.52. The lowest BCUT2D eigenvalue weighted by molar-refractivity contribution is 1.47. The second kappa shape index (κ2) is 4.60. The fourth-order valence-corrected chi connectivity index (χ4v) is 1.02. The topological polar surface area (TPSA) is 0 Å². The zero-order valence-corrected chi connectivity index (χ0v) is 6.19. The molecule has 0 aromatic carbocycles. The molecule has 42 valence electrons. The molecule has 0 aliphatic heterocycles. The molecule has 0 N–H and O–H groups in total. The summed E-state index contributed by atoms with van der Waals surface area (Å²) in [5.41, 5.74) is 1.20. The minimum absolute atomic E-state index is 0.820. The van der Waals surface area contributed by atoms with Crippen molar-refractivity contribution in [3.8, 4) is 0 Å². The van der Waals surface area contributed by atoms with Crippen molar-refractivity contribution in [3.05, 3.63) is 12.2 Å². The van der Waals surface area contributed by atoms with Crippen LogP contribution in [0.15, 0.2) is 12.2 Å². The van der Waals surface area contributed by atoms with Crippen LogP contribution in [0.5, 0.6) is 0 Å².